The Balaban J connectivity index is 1.46. The van der Waals surface area contributed by atoms with Crippen molar-refractivity contribution in [3.8, 4) is 0 Å². The summed E-state index contributed by atoms with van der Waals surface area (Å²) in [7, 11) is 0. The number of aromatic nitrogens is 1. The number of nitrogens with zero attached hydrogens (tertiary/aromatic N) is 1. The normalized spacial score (nSPS) is 15.8. The molecular weight excluding hydrogens is 304 g/mol. The lowest BCUT2D eigenvalue weighted by Gasteiger charge is -2.30. The van der Waals surface area contributed by atoms with Crippen LogP contribution in [0.2, 0.25) is 0 Å². The topological polar surface area (TPSA) is 66.3 Å². The van der Waals surface area contributed by atoms with Gasteiger partial charge < -0.3 is 14.3 Å². The van der Waals surface area contributed by atoms with E-state index in [-0.39, 0.29) is 17.6 Å². The number of H-pyrrole nitrogens is 1. The summed E-state index contributed by atoms with van der Waals surface area (Å²) in [5.41, 5.74) is 1.73. The molecule has 4 rings (SSSR count). The summed E-state index contributed by atoms with van der Waals surface area (Å²) >= 11 is 0. The number of Topliss-reactive ketones (excluding diaryl/α,β-unsaturated/α-hetero) is 1. The molecule has 0 unspecified atom stereocenters. The van der Waals surface area contributed by atoms with Gasteiger partial charge in [0.15, 0.2) is 11.5 Å². The van der Waals surface area contributed by atoms with E-state index in [1.54, 1.807) is 23.2 Å². The average molecular weight is 322 g/mol. The van der Waals surface area contributed by atoms with Crippen LogP contribution in [0.1, 0.15) is 33.8 Å². The van der Waals surface area contributed by atoms with Crippen molar-refractivity contribution >= 4 is 22.6 Å². The van der Waals surface area contributed by atoms with Crippen molar-refractivity contribution in [1.29, 1.82) is 0 Å². The molecule has 2 aromatic heterocycles. The number of likely N-dealkylation sites (tertiary alicyclic amines) is 1. The van der Waals surface area contributed by atoms with Gasteiger partial charge in [0.2, 0.25) is 0 Å². The molecule has 5 heteroatoms. The maximum atomic E-state index is 12.8. The van der Waals surface area contributed by atoms with Crippen LogP contribution in [0.25, 0.3) is 10.9 Å². The van der Waals surface area contributed by atoms with E-state index in [2.05, 4.69) is 4.98 Å². The van der Waals surface area contributed by atoms with Gasteiger partial charge in [-0.15, -0.1) is 0 Å². The van der Waals surface area contributed by atoms with Crippen LogP contribution in [-0.4, -0.2) is 34.7 Å². The van der Waals surface area contributed by atoms with Gasteiger partial charge >= 0.3 is 0 Å². The number of amides is 1. The summed E-state index contributed by atoms with van der Waals surface area (Å²) in [6.45, 7) is 1.16. The molecule has 0 atom stereocenters. The van der Waals surface area contributed by atoms with Crippen molar-refractivity contribution in [1.82, 2.24) is 9.88 Å². The van der Waals surface area contributed by atoms with Gasteiger partial charge in [0.1, 0.15) is 0 Å². The molecule has 1 aliphatic heterocycles. The Morgan fingerprint density at radius 1 is 1.08 bits per heavy atom. The first-order chi connectivity index (χ1) is 11.7. The lowest BCUT2D eigenvalue weighted by molar-refractivity contribution is 0.0625. The zero-order valence-corrected chi connectivity index (χ0v) is 13.2. The fraction of sp³-hybridized carbons (Fsp3) is 0.263. The Morgan fingerprint density at radius 3 is 2.62 bits per heavy atom. The number of hydrogen-bond donors (Lipinski definition) is 1. The lowest BCUT2D eigenvalue weighted by Crippen LogP contribution is -2.40. The zero-order valence-electron chi connectivity index (χ0n) is 13.2. The fourth-order valence-electron chi connectivity index (χ4n) is 3.40. The van der Waals surface area contributed by atoms with E-state index in [0.29, 0.717) is 31.7 Å². The highest BCUT2D eigenvalue weighted by Gasteiger charge is 2.30. The van der Waals surface area contributed by atoms with Crippen molar-refractivity contribution in [2.75, 3.05) is 13.1 Å². The van der Waals surface area contributed by atoms with Crippen molar-refractivity contribution in [3.05, 3.63) is 60.2 Å². The lowest BCUT2D eigenvalue weighted by atomic mass is 9.88. The van der Waals surface area contributed by atoms with Crippen molar-refractivity contribution < 1.29 is 14.0 Å². The number of hydrogen-bond acceptors (Lipinski definition) is 3. The second-order valence-corrected chi connectivity index (χ2v) is 6.16. The maximum absolute atomic E-state index is 12.8. The molecule has 1 N–H and O–H groups in total. The van der Waals surface area contributed by atoms with Crippen LogP contribution in [0.4, 0.5) is 0 Å². The third kappa shape index (κ3) is 2.52. The molecule has 24 heavy (non-hydrogen) atoms. The average Bonchev–Trinajstić information content (AvgIpc) is 3.30. The number of piperidine rings is 1. The number of nitrogens with one attached hydrogen (secondary N) is 1. The van der Waals surface area contributed by atoms with Gasteiger partial charge in [0.25, 0.3) is 5.91 Å². The number of rotatable bonds is 3. The first kappa shape index (κ1) is 14.8. The molecule has 5 nitrogen and oxygen atoms in total. The van der Waals surface area contributed by atoms with Crippen molar-refractivity contribution in [2.45, 2.75) is 12.8 Å². The number of fused-ring (bicyclic) bond motifs is 1. The van der Waals surface area contributed by atoms with E-state index in [0.717, 1.165) is 16.5 Å². The fourth-order valence-corrected chi connectivity index (χ4v) is 3.40. The molecule has 1 fully saturated rings. The smallest absolute Gasteiger partial charge is 0.289 e. The summed E-state index contributed by atoms with van der Waals surface area (Å²) in [4.78, 5) is 30.0. The van der Waals surface area contributed by atoms with Gasteiger partial charge in [-0.1, -0.05) is 18.2 Å². The highest BCUT2D eigenvalue weighted by molar-refractivity contribution is 6.09. The monoisotopic (exact) mass is 322 g/mol. The zero-order chi connectivity index (χ0) is 16.5. The van der Waals surface area contributed by atoms with Crippen LogP contribution in [0.15, 0.2) is 53.3 Å². The molecule has 1 aromatic carbocycles. The molecule has 3 aromatic rings. The van der Waals surface area contributed by atoms with Crippen LogP contribution in [-0.2, 0) is 0 Å². The first-order valence-corrected chi connectivity index (χ1v) is 8.17. The van der Waals surface area contributed by atoms with Gasteiger partial charge in [-0.05, 0) is 31.0 Å². The number of para-hydroxylation sites is 1. The maximum Gasteiger partial charge on any atom is 0.289 e. The Labute approximate surface area is 139 Å². The largest absolute Gasteiger partial charge is 0.459 e. The van der Waals surface area contributed by atoms with Crippen LogP contribution < -0.4 is 0 Å². The SMILES string of the molecule is O=C(c1c[nH]c2ccccc12)C1CCN(C(=O)c2ccco2)CC1. The molecule has 3 heterocycles. The Hall–Kier alpha value is -2.82. The standard InChI is InChI=1S/C19H18N2O3/c22-18(15-12-20-16-5-2-1-4-14(15)16)13-7-9-21(10-8-13)19(23)17-6-3-11-24-17/h1-6,11-13,20H,7-10H2. The van der Waals surface area contributed by atoms with Crippen molar-refractivity contribution in [3.63, 3.8) is 0 Å². The third-order valence-corrected chi connectivity index (χ3v) is 4.74. The molecular formula is C19H18N2O3. The summed E-state index contributed by atoms with van der Waals surface area (Å²) in [5, 5.41) is 0.969. The minimum Gasteiger partial charge on any atom is -0.459 e. The minimum atomic E-state index is -0.0991. The van der Waals surface area contributed by atoms with Crippen LogP contribution in [0.5, 0.6) is 0 Å². The van der Waals surface area contributed by atoms with Crippen molar-refractivity contribution in [2.24, 2.45) is 5.92 Å². The van der Waals surface area contributed by atoms with Gasteiger partial charge in [-0.25, -0.2) is 0 Å². The molecule has 122 valence electrons. The van der Waals surface area contributed by atoms with Gasteiger partial charge in [-0.2, -0.15) is 0 Å². The number of carbonyl (C=O) groups is 2. The molecule has 0 aliphatic carbocycles. The molecule has 0 saturated carbocycles. The van der Waals surface area contributed by atoms with E-state index in [4.69, 9.17) is 4.42 Å². The summed E-state index contributed by atoms with van der Waals surface area (Å²) in [5.74, 6) is 0.386. The highest BCUT2D eigenvalue weighted by Crippen LogP contribution is 2.26. The van der Waals surface area contributed by atoms with Crippen LogP contribution in [0, 0.1) is 5.92 Å². The van der Waals surface area contributed by atoms with E-state index >= 15 is 0 Å². The Bertz CT molecular complexity index is 871. The number of carbonyl (C=O) groups excluding carboxylic acids is 2. The van der Waals surface area contributed by atoms with Gasteiger partial charge in [-0.3, -0.25) is 9.59 Å². The van der Waals surface area contributed by atoms with E-state index in [1.165, 1.54) is 6.26 Å². The first-order valence-electron chi connectivity index (χ1n) is 8.17. The van der Waals surface area contributed by atoms with Crippen LogP contribution >= 0.6 is 0 Å². The molecule has 0 bridgehead atoms. The van der Waals surface area contributed by atoms with Gasteiger partial charge in [0, 0.05) is 41.7 Å². The number of aromatic amines is 1. The van der Waals surface area contributed by atoms with Gasteiger partial charge in [0.05, 0.1) is 6.26 Å². The second kappa shape index (κ2) is 6.00. The predicted octanol–water partition coefficient (Wildman–Crippen LogP) is 3.50. The third-order valence-electron chi connectivity index (χ3n) is 4.74. The van der Waals surface area contributed by atoms with E-state index < -0.39 is 0 Å². The van der Waals surface area contributed by atoms with E-state index in [1.807, 2.05) is 24.3 Å². The summed E-state index contributed by atoms with van der Waals surface area (Å²) in [6.07, 6.45) is 4.67. The number of furan rings is 1. The highest BCUT2D eigenvalue weighted by atomic mass is 16.3. The quantitative estimate of drug-likeness (QED) is 0.751. The van der Waals surface area contributed by atoms with E-state index in [9.17, 15) is 9.59 Å². The molecule has 1 amide bonds. The Morgan fingerprint density at radius 2 is 1.88 bits per heavy atom. The predicted molar refractivity (Wildman–Crippen MR) is 90.0 cm³/mol. The Kier molecular flexibility index (Phi) is 3.69. The number of ketones is 1. The van der Waals surface area contributed by atoms with Crippen LogP contribution in [0.3, 0.4) is 0 Å². The molecule has 1 aliphatic rings. The molecule has 0 spiro atoms. The molecule has 0 radical (unpaired) electrons. The second-order valence-electron chi connectivity index (χ2n) is 6.16. The summed E-state index contributed by atoms with van der Waals surface area (Å²) in [6, 6.07) is 11.2. The molecule has 1 saturated heterocycles. The minimum absolute atomic E-state index is 0.0372. The number of benzene rings is 1. The summed E-state index contributed by atoms with van der Waals surface area (Å²) < 4.78 is 5.17.